The van der Waals surface area contributed by atoms with Gasteiger partial charge in [0, 0.05) is 39.6 Å². The zero-order valence-electron chi connectivity index (χ0n) is 20.0. The smallest absolute Gasteiger partial charge is 0.305 e. The van der Waals surface area contributed by atoms with Crippen molar-refractivity contribution in [2.75, 3.05) is 34.5 Å². The SMILES string of the molecule is CC/C=C\C1=C(NC)[C@@H](N)[C@H](C)N(C(CC)C(=O)NC(CC(=O)O)C(CF)(OC)OC)C1. The van der Waals surface area contributed by atoms with Crippen molar-refractivity contribution in [3.63, 3.8) is 0 Å². The van der Waals surface area contributed by atoms with Gasteiger partial charge in [0.1, 0.15) is 6.67 Å². The van der Waals surface area contributed by atoms with Crippen LogP contribution < -0.4 is 16.4 Å². The van der Waals surface area contributed by atoms with E-state index >= 15 is 0 Å². The monoisotopic (exact) mass is 458 g/mol. The molecule has 0 spiro atoms. The number of carboxylic acids is 1. The number of likely N-dealkylation sites (N-methyl/N-ethyl adjacent to an activating group) is 1. The molecule has 1 rings (SSSR count). The maximum Gasteiger partial charge on any atom is 0.305 e. The van der Waals surface area contributed by atoms with E-state index in [1.54, 1.807) is 0 Å². The van der Waals surface area contributed by atoms with Crippen molar-refractivity contribution in [1.29, 1.82) is 0 Å². The third-order valence-corrected chi connectivity index (χ3v) is 6.09. The quantitative estimate of drug-likeness (QED) is 0.303. The highest BCUT2D eigenvalue weighted by Crippen LogP contribution is 2.26. The molecule has 0 aromatic rings. The highest BCUT2D eigenvalue weighted by atomic mass is 19.1. The highest BCUT2D eigenvalue weighted by Gasteiger charge is 2.44. The van der Waals surface area contributed by atoms with Gasteiger partial charge in [0.2, 0.25) is 11.7 Å². The first kappa shape index (κ1) is 28.0. The van der Waals surface area contributed by atoms with Gasteiger partial charge in [-0.3, -0.25) is 14.5 Å². The summed E-state index contributed by atoms with van der Waals surface area (Å²) < 4.78 is 24.1. The Balaban J connectivity index is 3.25. The lowest BCUT2D eigenvalue weighted by Crippen LogP contribution is -2.63. The lowest BCUT2D eigenvalue weighted by molar-refractivity contribution is -0.235. The first-order valence-electron chi connectivity index (χ1n) is 10.9. The van der Waals surface area contributed by atoms with Crippen LogP contribution in [0.3, 0.4) is 0 Å². The fourth-order valence-corrected chi connectivity index (χ4v) is 4.11. The Kier molecular flexibility index (Phi) is 11.3. The summed E-state index contributed by atoms with van der Waals surface area (Å²) in [7, 11) is 4.25. The van der Waals surface area contributed by atoms with Crippen LogP contribution in [0.4, 0.5) is 4.39 Å². The van der Waals surface area contributed by atoms with Crippen LogP contribution in [0.5, 0.6) is 0 Å². The molecule has 1 aliphatic heterocycles. The molecule has 32 heavy (non-hydrogen) atoms. The first-order valence-corrected chi connectivity index (χ1v) is 10.9. The van der Waals surface area contributed by atoms with E-state index in [2.05, 4.69) is 10.6 Å². The third-order valence-electron chi connectivity index (χ3n) is 6.09. The molecule has 0 fully saturated rings. The molecular formula is C22H39FN4O5. The molecular weight excluding hydrogens is 419 g/mol. The maximum absolute atomic E-state index is 13.8. The number of carbonyl (C=O) groups is 2. The van der Waals surface area contributed by atoms with E-state index < -0.39 is 42.8 Å². The summed E-state index contributed by atoms with van der Waals surface area (Å²) in [4.78, 5) is 26.7. The molecule has 0 aliphatic carbocycles. The number of aliphatic carboxylic acids is 1. The number of ether oxygens (including phenoxy) is 2. The Hall–Kier alpha value is -2.01. The van der Waals surface area contributed by atoms with Gasteiger partial charge in [0.25, 0.3) is 0 Å². The van der Waals surface area contributed by atoms with Crippen molar-refractivity contribution >= 4 is 11.9 Å². The molecule has 4 atom stereocenters. The Bertz CT molecular complexity index is 688. The molecule has 1 heterocycles. The lowest BCUT2D eigenvalue weighted by Gasteiger charge is -2.44. The maximum atomic E-state index is 13.8. The van der Waals surface area contributed by atoms with Crippen LogP contribution in [0, 0.1) is 0 Å². The van der Waals surface area contributed by atoms with Gasteiger partial charge in [-0.05, 0) is 25.3 Å². The molecule has 1 aliphatic rings. The fourth-order valence-electron chi connectivity index (χ4n) is 4.11. The van der Waals surface area contributed by atoms with Gasteiger partial charge in [-0.2, -0.15) is 0 Å². The zero-order valence-corrected chi connectivity index (χ0v) is 20.0. The standard InChI is InChI=1S/C22H39FN4O5/c1-7-9-10-15-12-27(14(3)19(24)20(15)25-4)16(8-2)21(30)26-17(11-18(28)29)22(13-23,31-5)32-6/h9-10,14,16-17,19,25H,7-8,11-13,24H2,1-6H3,(H,26,30)(H,28,29)/b10-9-/t14-,16?,17?,19-/m0/s1. The Morgan fingerprint density at radius 2 is 2.00 bits per heavy atom. The Morgan fingerprint density at radius 3 is 2.44 bits per heavy atom. The molecule has 0 bridgehead atoms. The Morgan fingerprint density at radius 1 is 1.38 bits per heavy atom. The normalized spacial score (nSPS) is 22.1. The van der Waals surface area contributed by atoms with Crippen LogP contribution in [-0.4, -0.2) is 86.3 Å². The number of rotatable bonds is 13. The first-order chi connectivity index (χ1) is 15.2. The molecule has 9 nitrogen and oxygen atoms in total. The van der Waals surface area contributed by atoms with Gasteiger partial charge in [0.05, 0.1) is 24.5 Å². The summed E-state index contributed by atoms with van der Waals surface area (Å²) in [5.41, 5.74) is 8.39. The van der Waals surface area contributed by atoms with Gasteiger partial charge in [-0.15, -0.1) is 0 Å². The van der Waals surface area contributed by atoms with Crippen molar-refractivity contribution in [2.24, 2.45) is 5.73 Å². The summed E-state index contributed by atoms with van der Waals surface area (Å²) >= 11 is 0. The van der Waals surface area contributed by atoms with Crippen molar-refractivity contribution in [2.45, 2.75) is 70.0 Å². The van der Waals surface area contributed by atoms with E-state index in [9.17, 15) is 19.1 Å². The highest BCUT2D eigenvalue weighted by molar-refractivity contribution is 5.83. The second-order valence-electron chi connectivity index (χ2n) is 7.88. The number of hydrogen-bond donors (Lipinski definition) is 4. The number of nitrogens with two attached hydrogens (primary N) is 1. The van der Waals surface area contributed by atoms with Gasteiger partial charge in [-0.25, -0.2) is 4.39 Å². The number of carboxylic acid groups (broad SMARTS) is 1. The van der Waals surface area contributed by atoms with Gasteiger partial charge >= 0.3 is 5.97 Å². The number of alkyl halides is 1. The summed E-state index contributed by atoms with van der Waals surface area (Å²) in [6.45, 7) is 5.21. The number of nitrogens with one attached hydrogen (secondary N) is 2. The van der Waals surface area contributed by atoms with Crippen molar-refractivity contribution in [3.8, 4) is 0 Å². The van der Waals surface area contributed by atoms with Crippen LogP contribution >= 0.6 is 0 Å². The molecule has 0 saturated heterocycles. The number of methoxy groups -OCH3 is 2. The number of hydrogen-bond acceptors (Lipinski definition) is 7. The summed E-state index contributed by atoms with van der Waals surface area (Å²) in [5, 5.41) is 15.2. The predicted octanol–water partition coefficient (Wildman–Crippen LogP) is 1.15. The lowest BCUT2D eigenvalue weighted by atomic mass is 9.92. The van der Waals surface area contributed by atoms with Gasteiger partial charge < -0.3 is 30.9 Å². The molecule has 1 amide bonds. The van der Waals surface area contributed by atoms with E-state index in [1.807, 2.05) is 44.9 Å². The van der Waals surface area contributed by atoms with E-state index in [0.29, 0.717) is 13.0 Å². The van der Waals surface area contributed by atoms with Crippen LogP contribution in [0.1, 0.15) is 40.0 Å². The summed E-state index contributed by atoms with van der Waals surface area (Å²) in [6.07, 6.45) is 4.79. The number of amides is 1. The zero-order chi connectivity index (χ0) is 24.5. The molecule has 0 saturated carbocycles. The minimum Gasteiger partial charge on any atom is -0.481 e. The van der Waals surface area contributed by atoms with Crippen molar-refractivity contribution in [3.05, 3.63) is 23.4 Å². The second-order valence-corrected chi connectivity index (χ2v) is 7.88. The molecule has 184 valence electrons. The van der Waals surface area contributed by atoms with E-state index in [-0.39, 0.29) is 12.1 Å². The van der Waals surface area contributed by atoms with Crippen LogP contribution in [-0.2, 0) is 19.1 Å². The fraction of sp³-hybridized carbons (Fsp3) is 0.727. The van der Waals surface area contributed by atoms with E-state index in [1.165, 1.54) is 14.2 Å². The van der Waals surface area contributed by atoms with Crippen LogP contribution in [0.15, 0.2) is 23.4 Å². The molecule has 5 N–H and O–H groups in total. The average molecular weight is 459 g/mol. The van der Waals surface area contributed by atoms with E-state index in [0.717, 1.165) is 17.7 Å². The molecule has 0 radical (unpaired) electrons. The summed E-state index contributed by atoms with van der Waals surface area (Å²) in [5.74, 6) is -3.54. The van der Waals surface area contributed by atoms with Gasteiger partial charge in [0.15, 0.2) is 0 Å². The second kappa shape index (κ2) is 12.9. The average Bonchev–Trinajstić information content (AvgIpc) is 2.77. The third kappa shape index (κ3) is 6.28. The molecule has 0 aromatic heterocycles. The topological polar surface area (TPSA) is 126 Å². The van der Waals surface area contributed by atoms with Gasteiger partial charge in [-0.1, -0.05) is 26.0 Å². The predicted molar refractivity (Wildman–Crippen MR) is 121 cm³/mol. The van der Waals surface area contributed by atoms with Crippen molar-refractivity contribution < 1.29 is 28.6 Å². The van der Waals surface area contributed by atoms with Crippen LogP contribution in [0.2, 0.25) is 0 Å². The largest absolute Gasteiger partial charge is 0.481 e. The molecule has 2 unspecified atom stereocenters. The number of allylic oxidation sites excluding steroid dienone is 1. The number of carbonyl (C=O) groups excluding carboxylic acids is 1. The van der Waals surface area contributed by atoms with Crippen LogP contribution in [0.25, 0.3) is 0 Å². The van der Waals surface area contributed by atoms with Crippen molar-refractivity contribution in [1.82, 2.24) is 15.5 Å². The molecule has 0 aromatic carbocycles. The summed E-state index contributed by atoms with van der Waals surface area (Å²) in [6, 6.07) is -2.34. The number of halogens is 1. The minimum absolute atomic E-state index is 0.166. The molecule has 10 heteroatoms. The minimum atomic E-state index is -1.90. The number of nitrogens with zero attached hydrogens (tertiary/aromatic N) is 1. The Labute approximate surface area is 190 Å². The van der Waals surface area contributed by atoms with E-state index in [4.69, 9.17) is 15.2 Å².